The van der Waals surface area contributed by atoms with E-state index in [1.807, 2.05) is 38.3 Å². The number of morpholine rings is 1. The Labute approximate surface area is 175 Å². The van der Waals surface area contributed by atoms with E-state index in [0.717, 1.165) is 29.8 Å². The number of esters is 1. The Morgan fingerprint density at radius 2 is 1.90 bits per heavy atom. The van der Waals surface area contributed by atoms with Gasteiger partial charge in [-0.25, -0.2) is 4.79 Å². The molecule has 2 N–H and O–H groups in total. The first-order chi connectivity index (χ1) is 13.8. The first-order valence-corrected chi connectivity index (χ1v) is 10.7. The summed E-state index contributed by atoms with van der Waals surface area (Å²) in [4.78, 5) is 26.4. The van der Waals surface area contributed by atoms with Crippen LogP contribution in [0.4, 0.5) is 5.00 Å². The van der Waals surface area contributed by atoms with E-state index >= 15 is 0 Å². The number of aryl methyl sites for hydroxylation is 2. The van der Waals surface area contributed by atoms with Crippen molar-refractivity contribution >= 4 is 28.2 Å². The first kappa shape index (κ1) is 21.5. The lowest BCUT2D eigenvalue weighted by Gasteiger charge is -2.31. The molecule has 0 spiro atoms. The van der Waals surface area contributed by atoms with Gasteiger partial charge in [-0.3, -0.25) is 4.79 Å². The molecule has 3 atom stereocenters. The lowest BCUT2D eigenvalue weighted by molar-refractivity contribution is -0.907. The zero-order valence-corrected chi connectivity index (χ0v) is 18.4. The van der Waals surface area contributed by atoms with Gasteiger partial charge < -0.3 is 19.7 Å². The third-order valence-corrected chi connectivity index (χ3v) is 6.17. The number of hydrogen-bond donors (Lipinski definition) is 2. The summed E-state index contributed by atoms with van der Waals surface area (Å²) in [6.45, 7) is 10.1. The lowest BCUT2D eigenvalue weighted by atomic mass is 9.99. The molecule has 2 heterocycles. The van der Waals surface area contributed by atoms with Crippen LogP contribution in [-0.2, 0) is 14.3 Å². The maximum Gasteiger partial charge on any atom is 0.341 e. The molecule has 6 nitrogen and oxygen atoms in total. The summed E-state index contributed by atoms with van der Waals surface area (Å²) in [6, 6.07) is 6.07. The minimum absolute atomic E-state index is 0.111. The molecular formula is C22H29N2O4S+. The second-order valence-corrected chi connectivity index (χ2v) is 8.66. The number of carbonyl (C=O) groups excluding carboxylic acids is 2. The molecule has 7 heteroatoms. The van der Waals surface area contributed by atoms with Gasteiger partial charge in [0.05, 0.1) is 7.11 Å². The van der Waals surface area contributed by atoms with Crippen LogP contribution in [0, 0.1) is 13.8 Å². The highest BCUT2D eigenvalue weighted by Gasteiger charge is 2.28. The minimum atomic E-state index is -0.448. The van der Waals surface area contributed by atoms with Crippen LogP contribution in [0.1, 0.15) is 35.3 Å². The monoisotopic (exact) mass is 417 g/mol. The maximum atomic E-state index is 12.7. The summed E-state index contributed by atoms with van der Waals surface area (Å²) in [5, 5.41) is 5.37. The predicted octanol–water partition coefficient (Wildman–Crippen LogP) is 2.45. The van der Waals surface area contributed by atoms with Crippen molar-refractivity contribution in [3.63, 3.8) is 0 Å². The molecule has 1 aromatic carbocycles. The molecule has 1 aliphatic heterocycles. The Bertz CT molecular complexity index is 898. The van der Waals surface area contributed by atoms with Gasteiger partial charge in [-0.05, 0) is 44.4 Å². The zero-order valence-electron chi connectivity index (χ0n) is 17.6. The largest absolute Gasteiger partial charge is 0.465 e. The van der Waals surface area contributed by atoms with Crippen LogP contribution in [0.15, 0.2) is 23.6 Å². The van der Waals surface area contributed by atoms with Crippen LogP contribution in [0.3, 0.4) is 0 Å². The van der Waals surface area contributed by atoms with Crippen LogP contribution in [0.5, 0.6) is 0 Å². The Morgan fingerprint density at radius 1 is 1.21 bits per heavy atom. The molecule has 1 unspecified atom stereocenters. The number of quaternary nitrogens is 1. The summed E-state index contributed by atoms with van der Waals surface area (Å²) < 4.78 is 10.7. The van der Waals surface area contributed by atoms with Crippen molar-refractivity contribution in [2.24, 2.45) is 0 Å². The zero-order chi connectivity index (χ0) is 21.1. The lowest BCUT2D eigenvalue weighted by Crippen LogP contribution is -3.16. The first-order valence-electron chi connectivity index (χ1n) is 9.84. The van der Waals surface area contributed by atoms with E-state index < -0.39 is 5.97 Å². The smallest absolute Gasteiger partial charge is 0.341 e. The topological polar surface area (TPSA) is 69.1 Å². The third-order valence-electron chi connectivity index (χ3n) is 5.28. The second-order valence-electron chi connectivity index (χ2n) is 7.78. The Morgan fingerprint density at radius 3 is 2.52 bits per heavy atom. The number of nitrogens with one attached hydrogen (secondary N) is 2. The molecular weight excluding hydrogens is 388 g/mol. The fraction of sp³-hybridized carbons (Fsp3) is 0.455. The number of carbonyl (C=O) groups is 2. The summed E-state index contributed by atoms with van der Waals surface area (Å²) in [5.74, 6) is -0.560. The van der Waals surface area contributed by atoms with Crippen molar-refractivity contribution < 1.29 is 24.0 Å². The van der Waals surface area contributed by atoms with E-state index in [1.165, 1.54) is 28.9 Å². The maximum absolute atomic E-state index is 12.7. The van der Waals surface area contributed by atoms with Crippen LogP contribution < -0.4 is 10.2 Å². The van der Waals surface area contributed by atoms with Gasteiger partial charge in [0.15, 0.2) is 6.54 Å². The standard InChI is InChI=1S/C22H28N2O4S/c1-13-6-7-17(8-14(13)2)18-12-29-21(20(18)22(26)27-5)23-19(25)11-24-9-15(3)28-16(4)10-24/h6-8,12,15-16H,9-11H2,1-5H3,(H,23,25)/p+1/t15-,16+. The van der Waals surface area contributed by atoms with Crippen molar-refractivity contribution in [1.29, 1.82) is 0 Å². The normalized spacial score (nSPS) is 21.6. The summed E-state index contributed by atoms with van der Waals surface area (Å²) >= 11 is 1.35. The van der Waals surface area contributed by atoms with E-state index in [2.05, 4.69) is 18.3 Å². The molecule has 3 rings (SSSR count). The number of ether oxygens (including phenoxy) is 2. The van der Waals surface area contributed by atoms with Crippen molar-refractivity contribution in [3.05, 3.63) is 40.3 Å². The van der Waals surface area contributed by atoms with E-state index in [4.69, 9.17) is 9.47 Å². The van der Waals surface area contributed by atoms with Gasteiger partial charge in [-0.2, -0.15) is 0 Å². The fourth-order valence-corrected chi connectivity index (χ4v) is 4.78. The van der Waals surface area contributed by atoms with Gasteiger partial charge in [0.25, 0.3) is 5.91 Å². The second kappa shape index (κ2) is 9.07. The SMILES string of the molecule is COC(=O)c1c(-c2ccc(C)c(C)c2)csc1NC(=O)C[NH+]1C[C@@H](C)O[C@@H](C)C1. The molecule has 29 heavy (non-hydrogen) atoms. The third kappa shape index (κ3) is 5.04. The van der Waals surface area contributed by atoms with Crippen molar-refractivity contribution in [2.75, 3.05) is 32.1 Å². The molecule has 1 fully saturated rings. The average molecular weight is 418 g/mol. The number of benzene rings is 1. The number of amides is 1. The molecule has 1 aliphatic rings. The van der Waals surface area contributed by atoms with Crippen LogP contribution >= 0.6 is 11.3 Å². The average Bonchev–Trinajstić information content (AvgIpc) is 3.05. The van der Waals surface area contributed by atoms with Gasteiger partial charge in [0.2, 0.25) is 0 Å². The number of methoxy groups -OCH3 is 1. The van der Waals surface area contributed by atoms with E-state index in [1.54, 1.807) is 0 Å². The highest BCUT2D eigenvalue weighted by molar-refractivity contribution is 7.15. The summed E-state index contributed by atoms with van der Waals surface area (Å²) in [7, 11) is 1.36. The van der Waals surface area contributed by atoms with Gasteiger partial charge in [0, 0.05) is 10.9 Å². The summed E-state index contributed by atoms with van der Waals surface area (Å²) in [6.07, 6.45) is 0.260. The molecule has 2 aromatic rings. The quantitative estimate of drug-likeness (QED) is 0.734. The number of hydrogen-bond acceptors (Lipinski definition) is 5. The highest BCUT2D eigenvalue weighted by atomic mass is 32.1. The highest BCUT2D eigenvalue weighted by Crippen LogP contribution is 2.36. The van der Waals surface area contributed by atoms with Crippen LogP contribution in [0.25, 0.3) is 11.1 Å². The Kier molecular flexibility index (Phi) is 6.72. The predicted molar refractivity (Wildman–Crippen MR) is 115 cm³/mol. The van der Waals surface area contributed by atoms with Gasteiger partial charge >= 0.3 is 5.97 Å². The van der Waals surface area contributed by atoms with Crippen LogP contribution in [0.2, 0.25) is 0 Å². The van der Waals surface area contributed by atoms with Crippen molar-refractivity contribution in [3.8, 4) is 11.1 Å². The molecule has 1 saturated heterocycles. The molecule has 1 amide bonds. The number of thiophene rings is 1. The molecule has 1 aromatic heterocycles. The minimum Gasteiger partial charge on any atom is -0.465 e. The summed E-state index contributed by atoms with van der Waals surface area (Å²) in [5.41, 5.74) is 4.46. The molecule has 156 valence electrons. The number of rotatable bonds is 5. The van der Waals surface area contributed by atoms with E-state index in [0.29, 0.717) is 17.1 Å². The Hall–Kier alpha value is -2.22. The molecule has 0 aliphatic carbocycles. The van der Waals surface area contributed by atoms with Crippen LogP contribution in [-0.4, -0.2) is 50.8 Å². The number of anilines is 1. The Balaban J connectivity index is 1.82. The van der Waals surface area contributed by atoms with Gasteiger partial charge in [0.1, 0.15) is 35.9 Å². The van der Waals surface area contributed by atoms with Crippen molar-refractivity contribution in [2.45, 2.75) is 39.9 Å². The molecule has 0 saturated carbocycles. The van der Waals surface area contributed by atoms with Crippen molar-refractivity contribution in [1.82, 2.24) is 0 Å². The van der Waals surface area contributed by atoms with E-state index in [9.17, 15) is 9.59 Å². The fourth-order valence-electron chi connectivity index (χ4n) is 3.81. The molecule has 0 bridgehead atoms. The van der Waals surface area contributed by atoms with E-state index in [-0.39, 0.29) is 18.1 Å². The van der Waals surface area contributed by atoms with Gasteiger partial charge in [-0.15, -0.1) is 11.3 Å². The van der Waals surface area contributed by atoms with Gasteiger partial charge in [-0.1, -0.05) is 18.2 Å². The molecule has 0 radical (unpaired) electrons.